The standard InChI is InChI=1S/C38H28N2/c1-38(2)31-17-9-10-19-36(31)40-35-21-20-27(22-30(35)29-16-11-18-32(38)37(29)40)28-23-33(25-12-5-3-6-13-25)39-34(24-28)26-14-7-4-8-15-26/h3-24H,1-2H3. The van der Waals surface area contributed by atoms with Crippen molar-refractivity contribution in [1.29, 1.82) is 0 Å². The highest BCUT2D eigenvalue weighted by molar-refractivity contribution is 6.12. The quantitative estimate of drug-likeness (QED) is 0.230. The second kappa shape index (κ2) is 8.53. The molecule has 2 heteroatoms. The lowest BCUT2D eigenvalue weighted by molar-refractivity contribution is 0.630. The number of nitrogens with zero attached hydrogens (tertiary/aromatic N) is 2. The molecule has 8 rings (SSSR count). The van der Waals surface area contributed by atoms with Crippen molar-refractivity contribution in [3.63, 3.8) is 0 Å². The summed E-state index contributed by atoms with van der Waals surface area (Å²) in [4.78, 5) is 5.09. The fourth-order valence-corrected chi connectivity index (χ4v) is 6.56. The van der Waals surface area contributed by atoms with Crippen LogP contribution in [0, 0.1) is 0 Å². The molecule has 0 atom stereocenters. The van der Waals surface area contributed by atoms with Gasteiger partial charge in [-0.05, 0) is 52.6 Å². The Kier molecular flexibility index (Phi) is 4.90. The highest BCUT2D eigenvalue weighted by atomic mass is 15.0. The van der Waals surface area contributed by atoms with Crippen molar-refractivity contribution in [3.05, 3.63) is 145 Å². The van der Waals surface area contributed by atoms with Gasteiger partial charge in [0.15, 0.2) is 0 Å². The van der Waals surface area contributed by atoms with Crippen LogP contribution in [0.5, 0.6) is 0 Å². The van der Waals surface area contributed by atoms with E-state index in [1.807, 2.05) is 0 Å². The van der Waals surface area contributed by atoms with Gasteiger partial charge in [0.05, 0.1) is 28.1 Å². The zero-order chi connectivity index (χ0) is 26.8. The van der Waals surface area contributed by atoms with Crippen LogP contribution in [-0.2, 0) is 5.41 Å². The van der Waals surface area contributed by atoms with Crippen LogP contribution in [0.3, 0.4) is 0 Å². The number of fused-ring (bicyclic) bond motifs is 5. The summed E-state index contributed by atoms with van der Waals surface area (Å²) in [6.07, 6.45) is 0. The first-order valence-electron chi connectivity index (χ1n) is 13.9. The van der Waals surface area contributed by atoms with Crippen LogP contribution < -0.4 is 0 Å². The molecule has 0 saturated heterocycles. The van der Waals surface area contributed by atoms with Crippen molar-refractivity contribution < 1.29 is 0 Å². The van der Waals surface area contributed by atoms with E-state index >= 15 is 0 Å². The van der Waals surface area contributed by atoms with Gasteiger partial charge in [0.2, 0.25) is 0 Å². The molecular weight excluding hydrogens is 484 g/mol. The maximum atomic E-state index is 5.09. The van der Waals surface area contributed by atoms with E-state index in [2.05, 4.69) is 152 Å². The topological polar surface area (TPSA) is 17.8 Å². The molecule has 0 N–H and O–H groups in total. The van der Waals surface area contributed by atoms with Crippen LogP contribution in [0.25, 0.3) is 61.1 Å². The Morgan fingerprint density at radius 1 is 0.500 bits per heavy atom. The number of pyridine rings is 1. The number of hydrogen-bond donors (Lipinski definition) is 0. The molecule has 0 fully saturated rings. The van der Waals surface area contributed by atoms with Gasteiger partial charge >= 0.3 is 0 Å². The summed E-state index contributed by atoms with van der Waals surface area (Å²) in [5, 5.41) is 2.58. The summed E-state index contributed by atoms with van der Waals surface area (Å²) in [5.74, 6) is 0. The fourth-order valence-electron chi connectivity index (χ4n) is 6.56. The molecule has 1 aliphatic heterocycles. The molecule has 7 aromatic rings. The Morgan fingerprint density at radius 3 is 1.82 bits per heavy atom. The Hall–Kier alpha value is -4.95. The van der Waals surface area contributed by atoms with Crippen molar-refractivity contribution in [2.45, 2.75) is 19.3 Å². The van der Waals surface area contributed by atoms with Gasteiger partial charge in [0, 0.05) is 27.3 Å². The molecule has 2 aromatic heterocycles. The first kappa shape index (κ1) is 23.0. The molecule has 1 aliphatic rings. The molecule has 190 valence electrons. The monoisotopic (exact) mass is 512 g/mol. The summed E-state index contributed by atoms with van der Waals surface area (Å²) >= 11 is 0. The Morgan fingerprint density at radius 2 is 1.12 bits per heavy atom. The van der Waals surface area contributed by atoms with Gasteiger partial charge in [-0.3, -0.25) is 0 Å². The van der Waals surface area contributed by atoms with Gasteiger partial charge in [0.1, 0.15) is 0 Å². The highest BCUT2D eigenvalue weighted by Gasteiger charge is 2.34. The van der Waals surface area contributed by atoms with Gasteiger partial charge in [-0.2, -0.15) is 0 Å². The van der Waals surface area contributed by atoms with Gasteiger partial charge in [-0.1, -0.05) is 117 Å². The molecule has 0 unspecified atom stereocenters. The van der Waals surface area contributed by atoms with Gasteiger partial charge in [-0.25, -0.2) is 4.98 Å². The normalized spacial score (nSPS) is 13.4. The first-order chi connectivity index (χ1) is 19.6. The number of rotatable bonds is 3. The number of benzene rings is 5. The molecule has 0 radical (unpaired) electrons. The lowest BCUT2D eigenvalue weighted by atomic mass is 9.75. The van der Waals surface area contributed by atoms with Crippen molar-refractivity contribution in [2.24, 2.45) is 0 Å². The molecule has 40 heavy (non-hydrogen) atoms. The average Bonchev–Trinajstić information content (AvgIpc) is 3.35. The molecule has 2 nitrogen and oxygen atoms in total. The third kappa shape index (κ3) is 3.32. The fraction of sp³-hybridized carbons (Fsp3) is 0.0789. The highest BCUT2D eigenvalue weighted by Crippen LogP contribution is 2.47. The van der Waals surface area contributed by atoms with Crippen LogP contribution in [0.1, 0.15) is 25.0 Å². The van der Waals surface area contributed by atoms with Crippen LogP contribution in [0.2, 0.25) is 0 Å². The van der Waals surface area contributed by atoms with Crippen LogP contribution in [0.4, 0.5) is 0 Å². The Bertz CT molecular complexity index is 2010. The molecule has 3 heterocycles. The lowest BCUT2D eigenvalue weighted by Gasteiger charge is -2.34. The van der Waals surface area contributed by atoms with Crippen LogP contribution >= 0.6 is 0 Å². The largest absolute Gasteiger partial charge is 0.309 e. The SMILES string of the molecule is CC1(C)c2ccccc2-n2c3ccc(-c4cc(-c5ccccc5)nc(-c5ccccc5)c4)cc3c3cccc1c32. The smallest absolute Gasteiger partial charge is 0.0715 e. The summed E-state index contributed by atoms with van der Waals surface area (Å²) in [6.45, 7) is 4.70. The number of hydrogen-bond acceptors (Lipinski definition) is 1. The van der Waals surface area contributed by atoms with Gasteiger partial charge < -0.3 is 4.57 Å². The second-order valence-corrected chi connectivity index (χ2v) is 11.3. The van der Waals surface area contributed by atoms with Crippen molar-refractivity contribution in [3.8, 4) is 39.3 Å². The molecule has 0 saturated carbocycles. The molecule has 5 aromatic carbocycles. The van der Waals surface area contributed by atoms with E-state index in [1.165, 1.54) is 49.7 Å². The summed E-state index contributed by atoms with van der Waals surface area (Å²) in [6, 6.07) is 48.0. The van der Waals surface area contributed by atoms with Crippen molar-refractivity contribution in [1.82, 2.24) is 9.55 Å². The predicted molar refractivity (Wildman–Crippen MR) is 167 cm³/mol. The van der Waals surface area contributed by atoms with E-state index in [4.69, 9.17) is 4.98 Å². The average molecular weight is 513 g/mol. The summed E-state index contributed by atoms with van der Waals surface area (Å²) in [5.41, 5.74) is 13.1. The Labute approximate surface area is 234 Å². The van der Waals surface area contributed by atoms with E-state index in [0.29, 0.717) is 0 Å². The minimum absolute atomic E-state index is 0.0659. The third-order valence-electron chi connectivity index (χ3n) is 8.58. The summed E-state index contributed by atoms with van der Waals surface area (Å²) < 4.78 is 2.47. The van der Waals surface area contributed by atoms with Crippen molar-refractivity contribution in [2.75, 3.05) is 0 Å². The summed E-state index contributed by atoms with van der Waals surface area (Å²) in [7, 11) is 0. The zero-order valence-corrected chi connectivity index (χ0v) is 22.6. The number of para-hydroxylation sites is 2. The minimum atomic E-state index is -0.0659. The van der Waals surface area contributed by atoms with Gasteiger partial charge in [-0.15, -0.1) is 0 Å². The van der Waals surface area contributed by atoms with Crippen LogP contribution in [0.15, 0.2) is 133 Å². The van der Waals surface area contributed by atoms with Gasteiger partial charge in [0.25, 0.3) is 0 Å². The minimum Gasteiger partial charge on any atom is -0.309 e. The van der Waals surface area contributed by atoms with Crippen molar-refractivity contribution >= 4 is 21.8 Å². The second-order valence-electron chi connectivity index (χ2n) is 11.3. The van der Waals surface area contributed by atoms with E-state index < -0.39 is 0 Å². The van der Waals surface area contributed by atoms with E-state index in [1.54, 1.807) is 0 Å². The third-order valence-corrected chi connectivity index (χ3v) is 8.58. The molecule has 0 aliphatic carbocycles. The maximum absolute atomic E-state index is 5.09. The predicted octanol–water partition coefficient (Wildman–Crippen LogP) is 9.82. The molecule has 0 bridgehead atoms. The van der Waals surface area contributed by atoms with Crippen LogP contribution in [-0.4, -0.2) is 9.55 Å². The van der Waals surface area contributed by atoms with E-state index in [-0.39, 0.29) is 5.41 Å². The Balaban J connectivity index is 1.39. The molecule has 0 spiro atoms. The van der Waals surface area contributed by atoms with E-state index in [0.717, 1.165) is 22.5 Å². The van der Waals surface area contributed by atoms with E-state index in [9.17, 15) is 0 Å². The molecular formula is C38H28N2. The lowest BCUT2D eigenvalue weighted by Crippen LogP contribution is -2.26. The molecule has 0 amide bonds. The maximum Gasteiger partial charge on any atom is 0.0715 e. The number of aromatic nitrogens is 2. The zero-order valence-electron chi connectivity index (χ0n) is 22.6. The first-order valence-corrected chi connectivity index (χ1v) is 13.9.